The lowest BCUT2D eigenvalue weighted by Crippen LogP contribution is -2.07. The second-order valence-electron chi connectivity index (χ2n) is 4.78. The number of benzene rings is 2. The first kappa shape index (κ1) is 14.1. The van der Waals surface area contributed by atoms with Gasteiger partial charge in [0.1, 0.15) is 0 Å². The van der Waals surface area contributed by atoms with Gasteiger partial charge < -0.3 is 11.1 Å². The minimum atomic E-state index is -0.0396. The maximum absolute atomic E-state index is 12.4. The summed E-state index contributed by atoms with van der Waals surface area (Å²) in [6.07, 6.45) is 2.24. The van der Waals surface area contributed by atoms with Crippen LogP contribution in [-0.4, -0.2) is 12.3 Å². The molecule has 0 aliphatic rings. The third kappa shape index (κ3) is 3.38. The van der Waals surface area contributed by atoms with Crippen LogP contribution in [0, 0.1) is 0 Å². The zero-order chi connectivity index (χ0) is 14.4. The normalized spacial score (nSPS) is 10.2. The van der Waals surface area contributed by atoms with E-state index in [0.29, 0.717) is 16.8 Å². The van der Waals surface area contributed by atoms with Gasteiger partial charge in [-0.25, -0.2) is 0 Å². The highest BCUT2D eigenvalue weighted by molar-refractivity contribution is 6.12. The quantitative estimate of drug-likeness (QED) is 0.477. The molecule has 0 amide bonds. The minimum absolute atomic E-state index is 0.0396. The van der Waals surface area contributed by atoms with Gasteiger partial charge in [0.15, 0.2) is 5.78 Å². The Morgan fingerprint density at radius 3 is 2.60 bits per heavy atom. The number of rotatable bonds is 6. The summed E-state index contributed by atoms with van der Waals surface area (Å²) in [5.74, 6) is -0.0396. The number of carbonyl (C=O) groups is 1. The molecule has 0 atom stereocenters. The van der Waals surface area contributed by atoms with Gasteiger partial charge in [-0.2, -0.15) is 0 Å². The molecule has 104 valence electrons. The Bertz CT molecular complexity index is 579. The first-order valence-electron chi connectivity index (χ1n) is 6.95. The van der Waals surface area contributed by atoms with Crippen LogP contribution in [0.4, 0.5) is 11.4 Å². The molecule has 2 rings (SSSR count). The third-order valence-corrected chi connectivity index (χ3v) is 3.19. The maximum atomic E-state index is 12.4. The molecule has 0 saturated heterocycles. The molecule has 3 N–H and O–H groups in total. The van der Waals surface area contributed by atoms with E-state index in [-0.39, 0.29) is 5.78 Å². The van der Waals surface area contributed by atoms with Gasteiger partial charge in [0.05, 0.1) is 0 Å². The Kier molecular flexibility index (Phi) is 4.77. The molecule has 0 heterocycles. The summed E-state index contributed by atoms with van der Waals surface area (Å²) in [6, 6.07) is 14.7. The summed E-state index contributed by atoms with van der Waals surface area (Å²) in [5.41, 5.74) is 8.60. The molecule has 0 bridgehead atoms. The molecule has 0 aliphatic heterocycles. The predicted molar refractivity (Wildman–Crippen MR) is 84.1 cm³/mol. The fraction of sp³-hybridized carbons (Fsp3) is 0.235. The number of nitrogen functional groups attached to an aromatic ring is 1. The summed E-state index contributed by atoms with van der Waals surface area (Å²) in [4.78, 5) is 12.4. The molecule has 0 unspecified atom stereocenters. The molecular formula is C17H20N2O. The van der Waals surface area contributed by atoms with E-state index in [0.717, 1.165) is 25.1 Å². The number of ketones is 1. The van der Waals surface area contributed by atoms with E-state index in [1.807, 2.05) is 30.3 Å². The monoisotopic (exact) mass is 268 g/mol. The summed E-state index contributed by atoms with van der Waals surface area (Å²) in [5, 5.41) is 3.31. The molecule has 3 nitrogen and oxygen atoms in total. The molecule has 0 aromatic heterocycles. The minimum Gasteiger partial charge on any atom is -0.398 e. The Balaban J connectivity index is 2.22. The van der Waals surface area contributed by atoms with Gasteiger partial charge in [0.25, 0.3) is 0 Å². The fourth-order valence-electron chi connectivity index (χ4n) is 2.02. The number of carbonyl (C=O) groups excluding carboxylic acids is 1. The van der Waals surface area contributed by atoms with Crippen LogP contribution < -0.4 is 11.1 Å². The highest BCUT2D eigenvalue weighted by atomic mass is 16.1. The lowest BCUT2D eigenvalue weighted by Gasteiger charge is -2.10. The van der Waals surface area contributed by atoms with Crippen molar-refractivity contribution in [1.29, 1.82) is 0 Å². The van der Waals surface area contributed by atoms with Crippen LogP contribution in [-0.2, 0) is 0 Å². The number of unbranched alkanes of at least 4 members (excludes halogenated alkanes) is 1. The van der Waals surface area contributed by atoms with Crippen LogP contribution in [0.5, 0.6) is 0 Å². The summed E-state index contributed by atoms with van der Waals surface area (Å²) >= 11 is 0. The Morgan fingerprint density at radius 2 is 1.90 bits per heavy atom. The van der Waals surface area contributed by atoms with Crippen LogP contribution in [0.25, 0.3) is 0 Å². The van der Waals surface area contributed by atoms with E-state index in [1.165, 1.54) is 0 Å². The van der Waals surface area contributed by atoms with E-state index in [2.05, 4.69) is 12.2 Å². The van der Waals surface area contributed by atoms with Crippen molar-refractivity contribution in [2.75, 3.05) is 17.6 Å². The van der Waals surface area contributed by atoms with Crippen molar-refractivity contribution in [3.05, 3.63) is 59.7 Å². The zero-order valence-corrected chi connectivity index (χ0v) is 11.7. The van der Waals surface area contributed by atoms with Crippen molar-refractivity contribution >= 4 is 17.2 Å². The van der Waals surface area contributed by atoms with E-state index in [1.54, 1.807) is 18.2 Å². The van der Waals surface area contributed by atoms with E-state index < -0.39 is 0 Å². The van der Waals surface area contributed by atoms with Crippen molar-refractivity contribution in [3.8, 4) is 0 Å². The van der Waals surface area contributed by atoms with Crippen molar-refractivity contribution < 1.29 is 4.79 Å². The first-order valence-corrected chi connectivity index (χ1v) is 6.95. The molecular weight excluding hydrogens is 248 g/mol. The van der Waals surface area contributed by atoms with Gasteiger partial charge >= 0.3 is 0 Å². The molecule has 20 heavy (non-hydrogen) atoms. The molecule has 2 aromatic carbocycles. The lowest BCUT2D eigenvalue weighted by atomic mass is 10.0. The standard InChI is InChI=1S/C17H20N2O/c1-2-3-11-19-14-9-10-16(18)15(12-14)17(20)13-7-5-4-6-8-13/h4-10,12,19H,2-3,11,18H2,1H3. The average Bonchev–Trinajstić information content (AvgIpc) is 2.49. The number of anilines is 2. The summed E-state index contributed by atoms with van der Waals surface area (Å²) in [7, 11) is 0. The third-order valence-electron chi connectivity index (χ3n) is 3.19. The van der Waals surface area contributed by atoms with Crippen molar-refractivity contribution in [3.63, 3.8) is 0 Å². The molecule has 3 heteroatoms. The van der Waals surface area contributed by atoms with Gasteiger partial charge in [0.2, 0.25) is 0 Å². The van der Waals surface area contributed by atoms with Crippen molar-refractivity contribution in [1.82, 2.24) is 0 Å². The van der Waals surface area contributed by atoms with Gasteiger partial charge in [-0.15, -0.1) is 0 Å². The molecule has 0 aliphatic carbocycles. The number of nitrogens with one attached hydrogen (secondary N) is 1. The first-order chi connectivity index (χ1) is 9.72. The Labute approximate surface area is 119 Å². The van der Waals surface area contributed by atoms with Gasteiger partial charge in [-0.3, -0.25) is 4.79 Å². The Hall–Kier alpha value is -2.29. The molecule has 0 fully saturated rings. The second-order valence-corrected chi connectivity index (χ2v) is 4.78. The Morgan fingerprint density at radius 1 is 1.15 bits per heavy atom. The topological polar surface area (TPSA) is 55.1 Å². The predicted octanol–water partition coefficient (Wildman–Crippen LogP) is 3.71. The molecule has 0 saturated carbocycles. The van der Waals surface area contributed by atoms with Crippen LogP contribution in [0.1, 0.15) is 35.7 Å². The fourth-order valence-corrected chi connectivity index (χ4v) is 2.02. The number of hydrogen-bond donors (Lipinski definition) is 2. The summed E-state index contributed by atoms with van der Waals surface area (Å²) < 4.78 is 0. The van der Waals surface area contributed by atoms with Crippen LogP contribution in [0.15, 0.2) is 48.5 Å². The maximum Gasteiger partial charge on any atom is 0.195 e. The molecule has 0 spiro atoms. The smallest absolute Gasteiger partial charge is 0.195 e. The highest BCUT2D eigenvalue weighted by Gasteiger charge is 2.12. The molecule has 0 radical (unpaired) electrons. The van der Waals surface area contributed by atoms with Crippen molar-refractivity contribution in [2.24, 2.45) is 0 Å². The SMILES string of the molecule is CCCCNc1ccc(N)c(C(=O)c2ccccc2)c1. The summed E-state index contributed by atoms with van der Waals surface area (Å²) in [6.45, 7) is 3.05. The van der Waals surface area contributed by atoms with E-state index in [9.17, 15) is 4.79 Å². The van der Waals surface area contributed by atoms with Gasteiger partial charge in [-0.05, 0) is 24.6 Å². The number of nitrogens with two attached hydrogens (primary N) is 1. The van der Waals surface area contributed by atoms with E-state index >= 15 is 0 Å². The highest BCUT2D eigenvalue weighted by Crippen LogP contribution is 2.21. The zero-order valence-electron chi connectivity index (χ0n) is 11.7. The largest absolute Gasteiger partial charge is 0.398 e. The van der Waals surface area contributed by atoms with Crippen LogP contribution >= 0.6 is 0 Å². The second kappa shape index (κ2) is 6.75. The van der Waals surface area contributed by atoms with E-state index in [4.69, 9.17) is 5.73 Å². The molecule has 2 aromatic rings. The van der Waals surface area contributed by atoms with Crippen molar-refractivity contribution in [2.45, 2.75) is 19.8 Å². The lowest BCUT2D eigenvalue weighted by molar-refractivity contribution is 0.103. The van der Waals surface area contributed by atoms with Crippen LogP contribution in [0.3, 0.4) is 0 Å². The van der Waals surface area contributed by atoms with Gasteiger partial charge in [-0.1, -0.05) is 43.7 Å². The average molecular weight is 268 g/mol. The van der Waals surface area contributed by atoms with Crippen LogP contribution in [0.2, 0.25) is 0 Å². The van der Waals surface area contributed by atoms with Gasteiger partial charge in [0, 0.05) is 29.0 Å². The number of hydrogen-bond acceptors (Lipinski definition) is 3.